The second-order valence-corrected chi connectivity index (χ2v) is 8.52. The fourth-order valence-electron chi connectivity index (χ4n) is 2.45. The molecule has 4 nitrogen and oxygen atoms in total. The van der Waals surface area contributed by atoms with Gasteiger partial charge in [0.25, 0.3) is 0 Å². The molecule has 0 amide bonds. The average molecular weight is 314 g/mol. The van der Waals surface area contributed by atoms with Crippen LogP contribution in [-0.4, -0.2) is 42.5 Å². The molecule has 2 rings (SSSR count). The van der Waals surface area contributed by atoms with Crippen molar-refractivity contribution < 1.29 is 8.42 Å². The van der Waals surface area contributed by atoms with Gasteiger partial charge in [-0.05, 0) is 11.1 Å². The van der Waals surface area contributed by atoms with Gasteiger partial charge in [-0.3, -0.25) is 4.90 Å². The van der Waals surface area contributed by atoms with Crippen molar-refractivity contribution in [3.05, 3.63) is 35.4 Å². The summed E-state index contributed by atoms with van der Waals surface area (Å²) in [5.74, 6) is 1.86. The highest BCUT2D eigenvalue weighted by Crippen LogP contribution is 2.24. The molecule has 1 aliphatic heterocycles. The normalized spacial score (nSPS) is 21.0. The van der Waals surface area contributed by atoms with Crippen LogP contribution < -0.4 is 5.73 Å². The maximum Gasteiger partial charge on any atom is 0.166 e. The van der Waals surface area contributed by atoms with Gasteiger partial charge in [-0.1, -0.05) is 31.2 Å². The van der Waals surface area contributed by atoms with Gasteiger partial charge in [0, 0.05) is 36.9 Å². The lowest BCUT2D eigenvalue weighted by molar-refractivity contribution is 0.261. The van der Waals surface area contributed by atoms with Gasteiger partial charge < -0.3 is 5.73 Å². The molecule has 0 aliphatic carbocycles. The molecule has 0 bridgehead atoms. The fraction of sp³-hybridized carbons (Fsp3) is 0.571. The average Bonchev–Trinajstić information content (AvgIpc) is 2.48. The zero-order valence-corrected chi connectivity index (χ0v) is 13.4. The maximum atomic E-state index is 12.2. The van der Waals surface area contributed by atoms with Gasteiger partial charge in [-0.2, -0.15) is 11.8 Å². The summed E-state index contributed by atoms with van der Waals surface area (Å²) in [6.45, 7) is 3.69. The Labute approximate surface area is 125 Å². The summed E-state index contributed by atoms with van der Waals surface area (Å²) in [6, 6.07) is 8.01. The molecule has 0 radical (unpaired) electrons. The number of sulfone groups is 1. The van der Waals surface area contributed by atoms with Gasteiger partial charge in [0.1, 0.15) is 5.37 Å². The summed E-state index contributed by atoms with van der Waals surface area (Å²) >= 11 is 1.72. The molecule has 0 saturated carbocycles. The van der Waals surface area contributed by atoms with Crippen molar-refractivity contribution in [1.29, 1.82) is 0 Å². The number of rotatable bonds is 5. The molecule has 0 aromatic heterocycles. The van der Waals surface area contributed by atoms with Crippen LogP contribution in [0.3, 0.4) is 0 Å². The Morgan fingerprint density at radius 3 is 2.70 bits per heavy atom. The van der Waals surface area contributed by atoms with Gasteiger partial charge in [-0.25, -0.2) is 8.42 Å². The minimum absolute atomic E-state index is 0.202. The van der Waals surface area contributed by atoms with Gasteiger partial charge >= 0.3 is 0 Å². The van der Waals surface area contributed by atoms with Crippen molar-refractivity contribution in [1.82, 2.24) is 4.90 Å². The summed E-state index contributed by atoms with van der Waals surface area (Å²) in [7, 11) is -3.04. The van der Waals surface area contributed by atoms with Crippen molar-refractivity contribution in [3.63, 3.8) is 0 Å². The molecule has 1 aromatic rings. The van der Waals surface area contributed by atoms with Gasteiger partial charge in [0.2, 0.25) is 0 Å². The molecule has 6 heteroatoms. The smallest absolute Gasteiger partial charge is 0.166 e. The van der Waals surface area contributed by atoms with Gasteiger partial charge in [0.15, 0.2) is 9.84 Å². The molecule has 2 N–H and O–H groups in total. The molecule has 1 unspecified atom stereocenters. The van der Waals surface area contributed by atoms with Crippen LogP contribution in [0.25, 0.3) is 0 Å². The van der Waals surface area contributed by atoms with Crippen LogP contribution >= 0.6 is 11.8 Å². The van der Waals surface area contributed by atoms with E-state index in [9.17, 15) is 8.42 Å². The molecular formula is C14H22N2O2S2. The van der Waals surface area contributed by atoms with E-state index in [0.29, 0.717) is 18.8 Å². The number of nitrogens with two attached hydrogens (primary N) is 1. The van der Waals surface area contributed by atoms with Crippen molar-refractivity contribution in [3.8, 4) is 0 Å². The predicted octanol–water partition coefficient (Wildman–Crippen LogP) is 1.45. The Morgan fingerprint density at radius 1 is 1.35 bits per heavy atom. The van der Waals surface area contributed by atoms with E-state index < -0.39 is 9.84 Å². The van der Waals surface area contributed by atoms with Crippen LogP contribution in [0.15, 0.2) is 24.3 Å². The van der Waals surface area contributed by atoms with E-state index in [4.69, 9.17) is 5.73 Å². The van der Waals surface area contributed by atoms with E-state index in [2.05, 4.69) is 4.90 Å². The summed E-state index contributed by atoms with van der Waals surface area (Å²) in [4.78, 5) is 2.09. The van der Waals surface area contributed by atoms with Crippen molar-refractivity contribution >= 4 is 21.6 Å². The minimum Gasteiger partial charge on any atom is -0.326 e. The number of hydrogen-bond donors (Lipinski definition) is 1. The van der Waals surface area contributed by atoms with E-state index in [0.717, 1.165) is 23.4 Å². The molecule has 1 aliphatic rings. The summed E-state index contributed by atoms with van der Waals surface area (Å²) < 4.78 is 24.5. The Bertz CT molecular complexity index is 546. The van der Waals surface area contributed by atoms with Gasteiger partial charge in [-0.15, -0.1) is 0 Å². The molecular weight excluding hydrogens is 292 g/mol. The quantitative estimate of drug-likeness (QED) is 0.891. The van der Waals surface area contributed by atoms with E-state index in [1.54, 1.807) is 18.7 Å². The summed E-state index contributed by atoms with van der Waals surface area (Å²) in [5, 5.41) is -0.364. The lowest BCUT2D eigenvalue weighted by Crippen LogP contribution is -2.47. The number of nitrogens with zero attached hydrogens (tertiary/aromatic N) is 1. The third-order valence-electron chi connectivity index (χ3n) is 3.72. The molecule has 0 spiro atoms. The Morgan fingerprint density at radius 2 is 2.05 bits per heavy atom. The SMILES string of the molecule is CCS(=O)(=O)C1CSCCN1Cc1ccccc1CN. The summed E-state index contributed by atoms with van der Waals surface area (Å²) in [6.07, 6.45) is 0. The first-order chi connectivity index (χ1) is 9.58. The number of hydrogen-bond acceptors (Lipinski definition) is 5. The van der Waals surface area contributed by atoms with Crippen LogP contribution in [0.1, 0.15) is 18.1 Å². The predicted molar refractivity (Wildman–Crippen MR) is 85.3 cm³/mol. The highest BCUT2D eigenvalue weighted by Gasteiger charge is 2.32. The summed E-state index contributed by atoms with van der Waals surface area (Å²) in [5.41, 5.74) is 7.99. The second-order valence-electron chi connectivity index (χ2n) is 4.92. The molecule has 20 heavy (non-hydrogen) atoms. The monoisotopic (exact) mass is 314 g/mol. The lowest BCUT2D eigenvalue weighted by atomic mass is 10.1. The Hall–Kier alpha value is -0.560. The highest BCUT2D eigenvalue weighted by molar-refractivity contribution is 8.01. The highest BCUT2D eigenvalue weighted by atomic mass is 32.2. The second kappa shape index (κ2) is 6.93. The molecule has 1 fully saturated rings. The standard InChI is InChI=1S/C14H22N2O2S2/c1-2-20(17,18)14-11-19-8-7-16(14)10-13-6-4-3-5-12(13)9-15/h3-6,14H,2,7-11,15H2,1H3. The first-order valence-corrected chi connectivity index (χ1v) is 9.75. The van der Waals surface area contributed by atoms with Crippen molar-refractivity contribution in [2.45, 2.75) is 25.4 Å². The first-order valence-electron chi connectivity index (χ1n) is 6.88. The van der Waals surface area contributed by atoms with Gasteiger partial charge in [0.05, 0.1) is 0 Å². The fourth-order valence-corrected chi connectivity index (χ4v) is 5.53. The first kappa shape index (κ1) is 15.8. The van der Waals surface area contributed by atoms with Crippen LogP contribution in [-0.2, 0) is 22.9 Å². The zero-order chi connectivity index (χ0) is 14.6. The largest absolute Gasteiger partial charge is 0.326 e. The Kier molecular flexibility index (Phi) is 5.49. The molecule has 1 atom stereocenters. The zero-order valence-electron chi connectivity index (χ0n) is 11.8. The molecule has 112 valence electrons. The van der Waals surface area contributed by atoms with Crippen LogP contribution in [0.4, 0.5) is 0 Å². The Balaban J connectivity index is 2.21. The number of benzene rings is 1. The lowest BCUT2D eigenvalue weighted by Gasteiger charge is -2.35. The van der Waals surface area contributed by atoms with Crippen molar-refractivity contribution in [2.75, 3.05) is 23.8 Å². The minimum atomic E-state index is -3.04. The molecule has 1 aromatic carbocycles. The third kappa shape index (κ3) is 3.55. The maximum absolute atomic E-state index is 12.2. The number of thioether (sulfide) groups is 1. The third-order valence-corrected chi connectivity index (χ3v) is 7.05. The molecule has 1 heterocycles. The molecule has 1 saturated heterocycles. The van der Waals surface area contributed by atoms with E-state index in [1.807, 2.05) is 24.3 Å². The van der Waals surface area contributed by atoms with Crippen molar-refractivity contribution in [2.24, 2.45) is 5.73 Å². The topological polar surface area (TPSA) is 63.4 Å². The van der Waals surface area contributed by atoms with Crippen LogP contribution in [0, 0.1) is 0 Å². The van der Waals surface area contributed by atoms with Crippen LogP contribution in [0.5, 0.6) is 0 Å². The van der Waals surface area contributed by atoms with E-state index in [1.165, 1.54) is 0 Å². The van der Waals surface area contributed by atoms with Crippen LogP contribution in [0.2, 0.25) is 0 Å². The van der Waals surface area contributed by atoms with E-state index in [-0.39, 0.29) is 11.1 Å². The van der Waals surface area contributed by atoms with E-state index >= 15 is 0 Å².